The lowest BCUT2D eigenvalue weighted by Crippen LogP contribution is -2.27. The largest absolute Gasteiger partial charge is 0.492 e. The summed E-state index contributed by atoms with van der Waals surface area (Å²) in [5.41, 5.74) is 0. The molecule has 0 aliphatic rings. The van der Waals surface area contributed by atoms with Gasteiger partial charge in [-0.3, -0.25) is 14.9 Å². The highest BCUT2D eigenvalue weighted by Gasteiger charge is 2.05. The van der Waals surface area contributed by atoms with Gasteiger partial charge in [0.1, 0.15) is 11.6 Å². The van der Waals surface area contributed by atoms with Gasteiger partial charge >= 0.3 is 0 Å². The van der Waals surface area contributed by atoms with Crippen LogP contribution in [0.5, 0.6) is 5.75 Å². The first-order valence-electron chi connectivity index (χ1n) is 6.55. The number of thioether (sulfide) groups is 1. The Morgan fingerprint density at radius 3 is 3.14 bits per heavy atom. The zero-order chi connectivity index (χ0) is 14.9. The van der Waals surface area contributed by atoms with E-state index in [0.29, 0.717) is 24.1 Å². The standard InChI is InChI=1S/C13H17N5O2S/c1-10-16-13(18-17-10)21-9-12(19)15-6-3-7-20-11-4-2-5-14-8-11/h2,4-5,8H,3,6-7,9H2,1H3,(H,15,19)(H,16,17,18). The van der Waals surface area contributed by atoms with Gasteiger partial charge in [-0.15, -0.1) is 5.10 Å². The van der Waals surface area contributed by atoms with E-state index in [4.69, 9.17) is 4.74 Å². The third kappa shape index (κ3) is 5.82. The molecule has 0 saturated carbocycles. The molecule has 21 heavy (non-hydrogen) atoms. The van der Waals surface area contributed by atoms with Gasteiger partial charge in [-0.2, -0.15) is 0 Å². The molecule has 2 heterocycles. The summed E-state index contributed by atoms with van der Waals surface area (Å²) < 4.78 is 5.48. The molecule has 8 heteroatoms. The van der Waals surface area contributed by atoms with E-state index in [9.17, 15) is 4.79 Å². The molecule has 112 valence electrons. The number of nitrogens with zero attached hydrogens (tertiary/aromatic N) is 3. The first-order valence-corrected chi connectivity index (χ1v) is 7.54. The van der Waals surface area contributed by atoms with Crippen molar-refractivity contribution in [3.8, 4) is 5.75 Å². The van der Waals surface area contributed by atoms with Crippen LogP contribution in [0.4, 0.5) is 0 Å². The minimum Gasteiger partial charge on any atom is -0.492 e. The lowest BCUT2D eigenvalue weighted by molar-refractivity contribution is -0.118. The van der Waals surface area contributed by atoms with E-state index >= 15 is 0 Å². The van der Waals surface area contributed by atoms with Gasteiger partial charge in [-0.25, -0.2) is 4.98 Å². The topological polar surface area (TPSA) is 92.8 Å². The monoisotopic (exact) mass is 307 g/mol. The van der Waals surface area contributed by atoms with Crippen molar-refractivity contribution in [3.05, 3.63) is 30.4 Å². The van der Waals surface area contributed by atoms with E-state index in [0.717, 1.165) is 18.0 Å². The summed E-state index contributed by atoms with van der Waals surface area (Å²) in [4.78, 5) is 19.7. The van der Waals surface area contributed by atoms with Gasteiger partial charge in [-0.1, -0.05) is 11.8 Å². The number of hydrogen-bond donors (Lipinski definition) is 2. The van der Waals surface area contributed by atoms with Gasteiger partial charge in [0, 0.05) is 12.7 Å². The molecule has 0 atom stereocenters. The normalized spacial score (nSPS) is 10.3. The zero-order valence-corrected chi connectivity index (χ0v) is 12.5. The SMILES string of the molecule is Cc1nc(SCC(=O)NCCCOc2cccnc2)n[nH]1. The Morgan fingerprint density at radius 1 is 1.52 bits per heavy atom. The molecule has 0 unspecified atom stereocenters. The molecule has 2 N–H and O–H groups in total. The number of amides is 1. The molecule has 0 spiro atoms. The van der Waals surface area contributed by atoms with E-state index < -0.39 is 0 Å². The highest BCUT2D eigenvalue weighted by atomic mass is 32.2. The number of carbonyl (C=O) groups is 1. The smallest absolute Gasteiger partial charge is 0.230 e. The third-order valence-electron chi connectivity index (χ3n) is 2.46. The summed E-state index contributed by atoms with van der Waals surface area (Å²) >= 11 is 1.30. The van der Waals surface area contributed by atoms with Crippen LogP contribution in [0.15, 0.2) is 29.7 Å². The molecule has 0 aliphatic heterocycles. The van der Waals surface area contributed by atoms with E-state index in [-0.39, 0.29) is 5.91 Å². The Balaban J connectivity index is 1.53. The summed E-state index contributed by atoms with van der Waals surface area (Å²) in [6, 6.07) is 3.67. The van der Waals surface area contributed by atoms with Crippen LogP contribution in [0, 0.1) is 6.92 Å². The maximum atomic E-state index is 11.6. The Hall–Kier alpha value is -2.09. The van der Waals surface area contributed by atoms with Crippen molar-refractivity contribution in [1.82, 2.24) is 25.5 Å². The lowest BCUT2D eigenvalue weighted by atomic mass is 10.4. The summed E-state index contributed by atoms with van der Waals surface area (Å²) in [5.74, 6) is 1.74. The number of carbonyl (C=O) groups excluding carboxylic acids is 1. The molecule has 0 aliphatic carbocycles. The van der Waals surface area contributed by atoms with Gasteiger partial charge in [0.05, 0.1) is 18.6 Å². The van der Waals surface area contributed by atoms with Crippen LogP contribution in [-0.2, 0) is 4.79 Å². The van der Waals surface area contributed by atoms with Gasteiger partial charge in [0.25, 0.3) is 0 Å². The molecule has 0 aromatic carbocycles. The van der Waals surface area contributed by atoms with Crippen LogP contribution < -0.4 is 10.1 Å². The highest BCUT2D eigenvalue weighted by Crippen LogP contribution is 2.11. The molecule has 0 bridgehead atoms. The van der Waals surface area contributed by atoms with Crippen molar-refractivity contribution >= 4 is 17.7 Å². The molecule has 0 saturated heterocycles. The van der Waals surface area contributed by atoms with Crippen molar-refractivity contribution < 1.29 is 9.53 Å². The Bertz CT molecular complexity index is 561. The van der Waals surface area contributed by atoms with E-state index in [1.165, 1.54) is 11.8 Å². The molecular weight excluding hydrogens is 290 g/mol. The molecule has 2 rings (SSSR count). The molecular formula is C13H17N5O2S. The Morgan fingerprint density at radius 2 is 2.43 bits per heavy atom. The number of H-pyrrole nitrogens is 1. The van der Waals surface area contributed by atoms with Crippen LogP contribution in [0.3, 0.4) is 0 Å². The Kier molecular flexibility index (Phi) is 6.01. The maximum Gasteiger partial charge on any atom is 0.230 e. The van der Waals surface area contributed by atoms with Gasteiger partial charge in [0.2, 0.25) is 11.1 Å². The number of aryl methyl sites for hydroxylation is 1. The quantitative estimate of drug-likeness (QED) is 0.562. The number of aromatic nitrogens is 4. The van der Waals surface area contributed by atoms with E-state index in [2.05, 4.69) is 25.5 Å². The molecule has 2 aromatic heterocycles. The number of rotatable bonds is 8. The zero-order valence-electron chi connectivity index (χ0n) is 11.7. The van der Waals surface area contributed by atoms with Crippen molar-refractivity contribution in [2.75, 3.05) is 18.9 Å². The first kappa shape index (κ1) is 15.3. The van der Waals surface area contributed by atoms with Crippen LogP contribution in [0.2, 0.25) is 0 Å². The molecule has 1 amide bonds. The van der Waals surface area contributed by atoms with Crippen molar-refractivity contribution in [1.29, 1.82) is 0 Å². The van der Waals surface area contributed by atoms with Crippen molar-refractivity contribution in [2.24, 2.45) is 0 Å². The van der Waals surface area contributed by atoms with Crippen LogP contribution in [0.1, 0.15) is 12.2 Å². The average molecular weight is 307 g/mol. The third-order valence-corrected chi connectivity index (χ3v) is 3.30. The second kappa shape index (κ2) is 8.25. The summed E-state index contributed by atoms with van der Waals surface area (Å²) in [6.45, 7) is 2.94. The molecule has 0 radical (unpaired) electrons. The minimum absolute atomic E-state index is 0.0381. The van der Waals surface area contributed by atoms with Crippen LogP contribution in [-0.4, -0.2) is 45.0 Å². The van der Waals surface area contributed by atoms with E-state index in [1.54, 1.807) is 12.4 Å². The molecule has 0 fully saturated rings. The number of hydrogen-bond acceptors (Lipinski definition) is 6. The van der Waals surface area contributed by atoms with Crippen molar-refractivity contribution in [2.45, 2.75) is 18.5 Å². The fourth-order valence-corrected chi connectivity index (χ4v) is 2.16. The first-order chi connectivity index (χ1) is 10.2. The number of ether oxygens (including phenoxy) is 1. The lowest BCUT2D eigenvalue weighted by Gasteiger charge is -2.06. The van der Waals surface area contributed by atoms with Gasteiger partial charge in [-0.05, 0) is 25.5 Å². The fraction of sp³-hybridized carbons (Fsp3) is 0.385. The molecule has 2 aromatic rings. The number of nitrogens with one attached hydrogen (secondary N) is 2. The van der Waals surface area contributed by atoms with Crippen molar-refractivity contribution in [3.63, 3.8) is 0 Å². The Labute approximate surface area is 126 Å². The van der Waals surface area contributed by atoms with E-state index in [1.807, 2.05) is 19.1 Å². The minimum atomic E-state index is -0.0381. The fourth-order valence-electron chi connectivity index (χ4n) is 1.49. The average Bonchev–Trinajstić information content (AvgIpc) is 2.91. The predicted octanol–water partition coefficient (Wildman–Crippen LogP) is 1.19. The van der Waals surface area contributed by atoms with Crippen LogP contribution in [0.25, 0.3) is 0 Å². The number of aromatic amines is 1. The molecule has 7 nitrogen and oxygen atoms in total. The maximum absolute atomic E-state index is 11.6. The predicted molar refractivity (Wildman–Crippen MR) is 79.2 cm³/mol. The second-order valence-electron chi connectivity index (χ2n) is 4.23. The number of pyridine rings is 1. The van der Waals surface area contributed by atoms with Crippen LogP contribution >= 0.6 is 11.8 Å². The van der Waals surface area contributed by atoms with Gasteiger partial charge in [0.15, 0.2) is 0 Å². The second-order valence-corrected chi connectivity index (χ2v) is 5.18. The van der Waals surface area contributed by atoms with Gasteiger partial charge < -0.3 is 10.1 Å². The summed E-state index contributed by atoms with van der Waals surface area (Å²) in [6.07, 6.45) is 4.10. The highest BCUT2D eigenvalue weighted by molar-refractivity contribution is 7.99. The summed E-state index contributed by atoms with van der Waals surface area (Å²) in [5, 5.41) is 10.1. The summed E-state index contributed by atoms with van der Waals surface area (Å²) in [7, 11) is 0.